The molecule has 1 heterocycles. The highest BCUT2D eigenvalue weighted by molar-refractivity contribution is 6.21. The minimum absolute atomic E-state index is 0.130. The summed E-state index contributed by atoms with van der Waals surface area (Å²) in [5.41, 5.74) is 0.749. The number of rotatable bonds is 5. The molecule has 0 spiro atoms. The minimum atomic E-state index is -0.671. The van der Waals surface area contributed by atoms with Crippen molar-refractivity contribution < 1.29 is 24.3 Å². The second-order valence-corrected chi connectivity index (χ2v) is 4.78. The maximum absolute atomic E-state index is 11.5. The SMILES string of the molecule is CCC(CC)C(=O)O.O=CCN1C(=O)c2ccccc2C1=O. The zero-order valence-corrected chi connectivity index (χ0v) is 12.6. The number of fused-ring (bicyclic) bond motifs is 1. The molecule has 2 amide bonds. The average molecular weight is 305 g/mol. The fourth-order valence-corrected chi connectivity index (χ4v) is 2.12. The van der Waals surface area contributed by atoms with Crippen LogP contribution in [0.1, 0.15) is 47.4 Å². The molecule has 0 saturated heterocycles. The molecule has 0 bridgehead atoms. The molecule has 1 N–H and O–H groups in total. The lowest BCUT2D eigenvalue weighted by Crippen LogP contribution is -2.31. The van der Waals surface area contributed by atoms with E-state index in [1.54, 1.807) is 24.3 Å². The van der Waals surface area contributed by atoms with E-state index in [-0.39, 0.29) is 12.5 Å². The Kier molecular flexibility index (Phi) is 6.44. The van der Waals surface area contributed by atoms with Gasteiger partial charge in [0.15, 0.2) is 0 Å². The summed E-state index contributed by atoms with van der Waals surface area (Å²) < 4.78 is 0. The average Bonchev–Trinajstić information content (AvgIpc) is 2.75. The maximum Gasteiger partial charge on any atom is 0.306 e. The van der Waals surface area contributed by atoms with Crippen LogP contribution in [0, 0.1) is 5.92 Å². The molecule has 6 nitrogen and oxygen atoms in total. The summed E-state index contributed by atoms with van der Waals surface area (Å²) in [5.74, 6) is -1.58. The molecule has 1 aliphatic heterocycles. The van der Waals surface area contributed by atoms with Gasteiger partial charge in [-0.3, -0.25) is 19.3 Å². The lowest BCUT2D eigenvalue weighted by atomic mass is 10.1. The molecule has 1 aromatic carbocycles. The van der Waals surface area contributed by atoms with Crippen molar-refractivity contribution in [2.75, 3.05) is 6.54 Å². The Morgan fingerprint density at radius 2 is 1.59 bits per heavy atom. The highest BCUT2D eigenvalue weighted by atomic mass is 16.4. The Bertz CT molecular complexity index is 543. The molecule has 0 aromatic heterocycles. The van der Waals surface area contributed by atoms with Gasteiger partial charge in [-0.05, 0) is 25.0 Å². The quantitative estimate of drug-likeness (QED) is 0.663. The molecule has 118 valence electrons. The van der Waals surface area contributed by atoms with E-state index in [1.165, 1.54) is 0 Å². The highest BCUT2D eigenvalue weighted by Crippen LogP contribution is 2.21. The minimum Gasteiger partial charge on any atom is -0.481 e. The first-order chi connectivity index (χ1) is 10.5. The van der Waals surface area contributed by atoms with E-state index in [0.717, 1.165) is 17.7 Å². The number of hydrogen-bond acceptors (Lipinski definition) is 4. The second-order valence-electron chi connectivity index (χ2n) is 4.78. The van der Waals surface area contributed by atoms with Crippen LogP contribution in [-0.4, -0.2) is 40.6 Å². The molecular formula is C16H19NO5. The Hall–Kier alpha value is -2.50. The number of aldehydes is 1. The summed E-state index contributed by atoms with van der Waals surface area (Å²) in [6.07, 6.45) is 2.03. The van der Waals surface area contributed by atoms with Crippen LogP contribution in [0.4, 0.5) is 0 Å². The van der Waals surface area contributed by atoms with E-state index in [2.05, 4.69) is 0 Å². The van der Waals surface area contributed by atoms with E-state index in [0.29, 0.717) is 17.4 Å². The molecule has 0 fully saturated rings. The summed E-state index contributed by atoms with van der Waals surface area (Å²) in [6.45, 7) is 3.61. The number of benzene rings is 1. The van der Waals surface area contributed by atoms with Gasteiger partial charge in [0.2, 0.25) is 0 Å². The number of carbonyl (C=O) groups is 4. The van der Waals surface area contributed by atoms with Gasteiger partial charge in [0.05, 0.1) is 23.6 Å². The van der Waals surface area contributed by atoms with Crippen LogP contribution in [0.5, 0.6) is 0 Å². The van der Waals surface area contributed by atoms with Gasteiger partial charge >= 0.3 is 5.97 Å². The molecule has 0 unspecified atom stereocenters. The van der Waals surface area contributed by atoms with Gasteiger partial charge in [-0.25, -0.2) is 0 Å². The molecule has 0 atom stereocenters. The number of aliphatic carboxylic acids is 1. The van der Waals surface area contributed by atoms with E-state index in [4.69, 9.17) is 5.11 Å². The third-order valence-electron chi connectivity index (χ3n) is 3.47. The van der Waals surface area contributed by atoms with E-state index in [1.807, 2.05) is 13.8 Å². The Morgan fingerprint density at radius 1 is 1.14 bits per heavy atom. The molecule has 0 saturated carbocycles. The van der Waals surface area contributed by atoms with Crippen molar-refractivity contribution in [2.45, 2.75) is 26.7 Å². The van der Waals surface area contributed by atoms with Gasteiger partial charge in [0, 0.05) is 0 Å². The molecule has 6 heteroatoms. The van der Waals surface area contributed by atoms with Crippen molar-refractivity contribution in [3.8, 4) is 0 Å². The van der Waals surface area contributed by atoms with Gasteiger partial charge in [-0.15, -0.1) is 0 Å². The smallest absolute Gasteiger partial charge is 0.306 e. The van der Waals surface area contributed by atoms with Crippen LogP contribution >= 0.6 is 0 Å². The standard InChI is InChI=1S/C10H7NO3.C6H12O2/c12-6-5-11-9(13)7-3-1-2-4-8(7)10(11)14;1-3-5(4-2)6(7)8/h1-4,6H,5H2;5H,3-4H2,1-2H3,(H,7,8). The number of hydrogen-bond donors (Lipinski definition) is 1. The lowest BCUT2D eigenvalue weighted by molar-refractivity contribution is -0.141. The summed E-state index contributed by atoms with van der Waals surface area (Å²) in [4.78, 5) is 44.4. The van der Waals surface area contributed by atoms with Gasteiger partial charge in [0.1, 0.15) is 6.29 Å². The molecule has 0 radical (unpaired) electrons. The number of nitrogens with zero attached hydrogens (tertiary/aromatic N) is 1. The second kappa shape index (κ2) is 8.07. The topological polar surface area (TPSA) is 91.8 Å². The number of carboxylic acid groups (broad SMARTS) is 1. The van der Waals surface area contributed by atoms with E-state index < -0.39 is 17.8 Å². The predicted molar refractivity (Wildman–Crippen MR) is 79.6 cm³/mol. The zero-order valence-electron chi connectivity index (χ0n) is 12.6. The van der Waals surface area contributed by atoms with Crippen molar-refractivity contribution in [2.24, 2.45) is 5.92 Å². The normalized spacial score (nSPS) is 12.8. The van der Waals surface area contributed by atoms with Crippen LogP contribution in [0.15, 0.2) is 24.3 Å². The first-order valence-corrected chi connectivity index (χ1v) is 7.09. The van der Waals surface area contributed by atoms with Crippen LogP contribution in [0.3, 0.4) is 0 Å². The Balaban J connectivity index is 0.000000261. The van der Waals surface area contributed by atoms with Crippen LogP contribution in [-0.2, 0) is 9.59 Å². The van der Waals surface area contributed by atoms with Gasteiger partial charge < -0.3 is 9.90 Å². The van der Waals surface area contributed by atoms with Crippen LogP contribution in [0.25, 0.3) is 0 Å². The first-order valence-electron chi connectivity index (χ1n) is 7.09. The number of carboxylic acids is 1. The monoisotopic (exact) mass is 305 g/mol. The Morgan fingerprint density at radius 3 is 1.86 bits per heavy atom. The number of imide groups is 1. The summed E-state index contributed by atoms with van der Waals surface area (Å²) in [6, 6.07) is 6.55. The van der Waals surface area contributed by atoms with Crippen molar-refractivity contribution in [1.29, 1.82) is 0 Å². The van der Waals surface area contributed by atoms with Gasteiger partial charge in [-0.2, -0.15) is 0 Å². The van der Waals surface area contributed by atoms with Crippen LogP contribution < -0.4 is 0 Å². The fourth-order valence-electron chi connectivity index (χ4n) is 2.12. The fraction of sp³-hybridized carbons (Fsp3) is 0.375. The van der Waals surface area contributed by atoms with E-state index >= 15 is 0 Å². The number of carbonyl (C=O) groups excluding carboxylic acids is 3. The van der Waals surface area contributed by atoms with Crippen LogP contribution in [0.2, 0.25) is 0 Å². The molecular weight excluding hydrogens is 286 g/mol. The summed E-state index contributed by atoms with van der Waals surface area (Å²) in [5, 5.41) is 8.37. The summed E-state index contributed by atoms with van der Waals surface area (Å²) in [7, 11) is 0. The Labute approximate surface area is 128 Å². The van der Waals surface area contributed by atoms with Crippen molar-refractivity contribution >= 4 is 24.1 Å². The summed E-state index contributed by atoms with van der Waals surface area (Å²) >= 11 is 0. The first kappa shape index (κ1) is 17.6. The van der Waals surface area contributed by atoms with Crippen molar-refractivity contribution in [3.63, 3.8) is 0 Å². The van der Waals surface area contributed by atoms with Gasteiger partial charge in [0.25, 0.3) is 11.8 Å². The number of amides is 2. The zero-order chi connectivity index (χ0) is 16.7. The third kappa shape index (κ3) is 3.78. The molecule has 22 heavy (non-hydrogen) atoms. The van der Waals surface area contributed by atoms with Crippen molar-refractivity contribution in [1.82, 2.24) is 4.90 Å². The van der Waals surface area contributed by atoms with Gasteiger partial charge in [-0.1, -0.05) is 26.0 Å². The predicted octanol–water partition coefficient (Wildman–Crippen LogP) is 1.99. The lowest BCUT2D eigenvalue weighted by Gasteiger charge is -2.07. The largest absolute Gasteiger partial charge is 0.481 e. The molecule has 1 aromatic rings. The highest BCUT2D eigenvalue weighted by Gasteiger charge is 2.34. The van der Waals surface area contributed by atoms with E-state index in [9.17, 15) is 19.2 Å². The third-order valence-corrected chi connectivity index (χ3v) is 3.47. The molecule has 1 aliphatic rings. The maximum atomic E-state index is 11.5. The van der Waals surface area contributed by atoms with Crippen molar-refractivity contribution in [3.05, 3.63) is 35.4 Å². The molecule has 0 aliphatic carbocycles. The molecule has 2 rings (SSSR count).